The maximum absolute atomic E-state index is 13.7. The Kier molecular flexibility index (Phi) is 4.11. The van der Waals surface area contributed by atoms with Crippen molar-refractivity contribution in [1.29, 1.82) is 0 Å². The molecule has 2 rings (SSSR count). The van der Waals surface area contributed by atoms with E-state index in [4.69, 9.17) is 0 Å². The first kappa shape index (κ1) is 14.8. The molecule has 0 amide bonds. The molecule has 0 saturated carbocycles. The standard InChI is InChI=1S/C14H11F3N2O2/c1-8(9-5-10(15)7-11(16)6-9)18-14-12(17)3-2-4-13(14)19(20)21/h2-8,18H,1H3. The molecule has 1 N–H and O–H groups in total. The van der Waals surface area contributed by atoms with Crippen molar-refractivity contribution in [2.24, 2.45) is 0 Å². The highest BCUT2D eigenvalue weighted by Gasteiger charge is 2.20. The minimum Gasteiger partial charge on any atom is -0.371 e. The number of nitro groups is 1. The van der Waals surface area contributed by atoms with Crippen molar-refractivity contribution < 1.29 is 18.1 Å². The molecule has 0 spiro atoms. The molecule has 0 fully saturated rings. The van der Waals surface area contributed by atoms with Gasteiger partial charge in [-0.05, 0) is 30.7 Å². The molecule has 0 saturated heterocycles. The summed E-state index contributed by atoms with van der Waals surface area (Å²) in [7, 11) is 0. The molecular formula is C14H11F3N2O2. The monoisotopic (exact) mass is 296 g/mol. The second-order valence-corrected chi connectivity index (χ2v) is 4.46. The Balaban J connectivity index is 2.35. The van der Waals surface area contributed by atoms with Gasteiger partial charge in [-0.2, -0.15) is 0 Å². The molecule has 1 unspecified atom stereocenters. The first-order chi connectivity index (χ1) is 9.88. The Morgan fingerprint density at radius 1 is 1.14 bits per heavy atom. The fourth-order valence-corrected chi connectivity index (χ4v) is 1.93. The van der Waals surface area contributed by atoms with E-state index in [9.17, 15) is 23.3 Å². The highest BCUT2D eigenvalue weighted by Crippen LogP contribution is 2.30. The van der Waals surface area contributed by atoms with Gasteiger partial charge in [-0.3, -0.25) is 10.1 Å². The van der Waals surface area contributed by atoms with E-state index in [2.05, 4.69) is 5.32 Å². The molecule has 4 nitrogen and oxygen atoms in total. The normalized spacial score (nSPS) is 12.0. The van der Waals surface area contributed by atoms with E-state index < -0.39 is 34.1 Å². The summed E-state index contributed by atoms with van der Waals surface area (Å²) in [5, 5.41) is 13.5. The van der Waals surface area contributed by atoms with Gasteiger partial charge in [0.05, 0.1) is 4.92 Å². The molecule has 1 atom stereocenters. The number of hydrogen-bond donors (Lipinski definition) is 1. The number of nitrogens with zero attached hydrogens (tertiary/aromatic N) is 1. The lowest BCUT2D eigenvalue weighted by Gasteiger charge is -2.16. The van der Waals surface area contributed by atoms with Crippen molar-refractivity contribution in [3.8, 4) is 0 Å². The van der Waals surface area contributed by atoms with Crippen LogP contribution in [0.3, 0.4) is 0 Å². The van der Waals surface area contributed by atoms with Crippen LogP contribution in [0.2, 0.25) is 0 Å². The number of rotatable bonds is 4. The van der Waals surface area contributed by atoms with Gasteiger partial charge >= 0.3 is 0 Å². The summed E-state index contributed by atoms with van der Waals surface area (Å²) in [6, 6.07) is 5.57. The molecule has 0 aromatic heterocycles. The molecule has 0 heterocycles. The van der Waals surface area contributed by atoms with Gasteiger partial charge in [0.15, 0.2) is 5.82 Å². The first-order valence-electron chi connectivity index (χ1n) is 6.04. The third-order valence-electron chi connectivity index (χ3n) is 2.93. The van der Waals surface area contributed by atoms with Crippen LogP contribution >= 0.6 is 0 Å². The topological polar surface area (TPSA) is 55.2 Å². The molecule has 0 aliphatic carbocycles. The van der Waals surface area contributed by atoms with Crippen molar-refractivity contribution in [1.82, 2.24) is 0 Å². The zero-order valence-electron chi connectivity index (χ0n) is 10.9. The van der Waals surface area contributed by atoms with E-state index in [1.807, 2.05) is 0 Å². The highest BCUT2D eigenvalue weighted by molar-refractivity contribution is 5.63. The van der Waals surface area contributed by atoms with E-state index in [0.29, 0.717) is 6.07 Å². The Bertz CT molecular complexity index is 672. The Labute approximate surface area is 118 Å². The molecular weight excluding hydrogens is 285 g/mol. The van der Waals surface area contributed by atoms with Gasteiger partial charge in [-0.25, -0.2) is 13.2 Å². The summed E-state index contributed by atoms with van der Waals surface area (Å²) in [6.07, 6.45) is 0. The van der Waals surface area contributed by atoms with Crippen LogP contribution in [0.4, 0.5) is 24.5 Å². The average Bonchev–Trinajstić information content (AvgIpc) is 2.39. The van der Waals surface area contributed by atoms with Gasteiger partial charge < -0.3 is 5.32 Å². The zero-order chi connectivity index (χ0) is 15.6. The second kappa shape index (κ2) is 5.82. The maximum atomic E-state index is 13.7. The molecule has 7 heteroatoms. The van der Waals surface area contributed by atoms with Crippen LogP contribution in [-0.4, -0.2) is 4.92 Å². The molecule has 2 aromatic carbocycles. The molecule has 2 aromatic rings. The number of benzene rings is 2. The Morgan fingerprint density at radius 3 is 2.33 bits per heavy atom. The smallest absolute Gasteiger partial charge is 0.295 e. The van der Waals surface area contributed by atoms with Gasteiger partial charge in [0.1, 0.15) is 17.3 Å². The van der Waals surface area contributed by atoms with E-state index >= 15 is 0 Å². The summed E-state index contributed by atoms with van der Waals surface area (Å²) in [5.41, 5.74) is -0.552. The fourth-order valence-electron chi connectivity index (χ4n) is 1.93. The minimum absolute atomic E-state index is 0.213. The number of halogens is 3. The van der Waals surface area contributed by atoms with Crippen LogP contribution in [0.25, 0.3) is 0 Å². The summed E-state index contributed by atoms with van der Waals surface area (Å²) < 4.78 is 40.1. The van der Waals surface area contributed by atoms with Crippen molar-refractivity contribution >= 4 is 11.4 Å². The number of hydrogen-bond acceptors (Lipinski definition) is 3. The lowest BCUT2D eigenvalue weighted by molar-refractivity contribution is -0.384. The van der Waals surface area contributed by atoms with Crippen molar-refractivity contribution in [3.05, 3.63) is 69.5 Å². The van der Waals surface area contributed by atoms with E-state index in [1.165, 1.54) is 13.0 Å². The summed E-state index contributed by atoms with van der Waals surface area (Å²) in [4.78, 5) is 10.1. The highest BCUT2D eigenvalue weighted by atomic mass is 19.1. The fraction of sp³-hybridized carbons (Fsp3) is 0.143. The second-order valence-electron chi connectivity index (χ2n) is 4.46. The van der Waals surface area contributed by atoms with Crippen LogP contribution in [0.5, 0.6) is 0 Å². The van der Waals surface area contributed by atoms with Gasteiger partial charge in [-0.1, -0.05) is 6.07 Å². The predicted octanol–water partition coefficient (Wildman–Crippen LogP) is 4.19. The minimum atomic E-state index is -0.812. The Hall–Kier alpha value is -2.57. The van der Waals surface area contributed by atoms with Gasteiger partial charge in [0.2, 0.25) is 0 Å². The van der Waals surface area contributed by atoms with Crippen molar-refractivity contribution in [2.75, 3.05) is 5.32 Å². The summed E-state index contributed by atoms with van der Waals surface area (Å²) in [6.45, 7) is 1.52. The van der Waals surface area contributed by atoms with Crippen LogP contribution in [0.1, 0.15) is 18.5 Å². The molecule has 21 heavy (non-hydrogen) atoms. The SMILES string of the molecule is CC(Nc1c(F)cccc1[N+](=O)[O-])c1cc(F)cc(F)c1. The van der Waals surface area contributed by atoms with Gasteiger partial charge in [0, 0.05) is 18.2 Å². The number of para-hydroxylation sites is 1. The Morgan fingerprint density at radius 2 is 1.76 bits per heavy atom. The third kappa shape index (κ3) is 3.31. The number of nitro benzene ring substituents is 1. The number of nitrogens with one attached hydrogen (secondary N) is 1. The van der Waals surface area contributed by atoms with E-state index in [-0.39, 0.29) is 11.3 Å². The van der Waals surface area contributed by atoms with Crippen molar-refractivity contribution in [3.63, 3.8) is 0 Å². The van der Waals surface area contributed by atoms with Crippen LogP contribution < -0.4 is 5.32 Å². The molecule has 0 radical (unpaired) electrons. The lowest BCUT2D eigenvalue weighted by atomic mass is 10.1. The van der Waals surface area contributed by atoms with Crippen LogP contribution in [-0.2, 0) is 0 Å². The number of anilines is 1. The predicted molar refractivity (Wildman–Crippen MR) is 71.5 cm³/mol. The quantitative estimate of drug-likeness (QED) is 0.680. The zero-order valence-corrected chi connectivity index (χ0v) is 10.9. The van der Waals surface area contributed by atoms with E-state index in [1.54, 1.807) is 0 Å². The molecule has 0 aliphatic heterocycles. The largest absolute Gasteiger partial charge is 0.371 e. The molecule has 110 valence electrons. The van der Waals surface area contributed by atoms with Crippen molar-refractivity contribution in [2.45, 2.75) is 13.0 Å². The molecule has 0 aliphatic rings. The van der Waals surface area contributed by atoms with Gasteiger partial charge in [-0.15, -0.1) is 0 Å². The average molecular weight is 296 g/mol. The van der Waals surface area contributed by atoms with Gasteiger partial charge in [0.25, 0.3) is 5.69 Å². The third-order valence-corrected chi connectivity index (χ3v) is 2.93. The van der Waals surface area contributed by atoms with Crippen LogP contribution in [0, 0.1) is 27.6 Å². The van der Waals surface area contributed by atoms with Crippen LogP contribution in [0.15, 0.2) is 36.4 Å². The lowest BCUT2D eigenvalue weighted by Crippen LogP contribution is -2.10. The summed E-state index contributed by atoms with van der Waals surface area (Å²) in [5.74, 6) is -2.36. The summed E-state index contributed by atoms with van der Waals surface area (Å²) >= 11 is 0. The first-order valence-corrected chi connectivity index (χ1v) is 6.04. The van der Waals surface area contributed by atoms with E-state index in [0.717, 1.165) is 24.3 Å². The maximum Gasteiger partial charge on any atom is 0.295 e. The molecule has 0 bridgehead atoms.